The van der Waals surface area contributed by atoms with Gasteiger partial charge in [0.25, 0.3) is 0 Å². The van der Waals surface area contributed by atoms with Crippen LogP contribution in [-0.2, 0) is 25.6 Å². The van der Waals surface area contributed by atoms with Crippen LogP contribution in [0, 0.1) is 0 Å². The molecule has 0 aliphatic carbocycles. The number of carboxylic acid groups (broad SMARTS) is 1. The molecule has 4 unspecified atom stereocenters. The van der Waals surface area contributed by atoms with Crippen LogP contribution in [0.2, 0.25) is 0 Å². The Morgan fingerprint density at radius 2 is 1.50 bits per heavy atom. The molecule has 1 aromatic rings. The first kappa shape index (κ1) is 34.7. The standard InChI is InChI=1S/C26H44N8O5S/c1-40-15-12-19(23(36)33-20(25(38)39)11-7-14-31-26(29)30)32-24(37)21(16-17-8-3-2-4-9-17)34-22(35)18(28)10-5-6-13-27/h2-4,8-9,18-21H,5-7,10-16,27-28H2,1H3,(H,32,37)(H,33,36)(H,34,35)(H,38,39)(H4,29,30,31). The van der Waals surface area contributed by atoms with Crippen LogP contribution in [0.15, 0.2) is 35.3 Å². The minimum atomic E-state index is -1.22. The number of thioether (sulfide) groups is 1. The van der Waals surface area contributed by atoms with Crippen LogP contribution in [-0.4, -0.2) is 84.0 Å². The molecule has 0 bridgehead atoms. The molecule has 4 atom stereocenters. The molecule has 224 valence electrons. The lowest BCUT2D eigenvalue weighted by Crippen LogP contribution is -2.57. The van der Waals surface area contributed by atoms with Crippen LogP contribution in [0.5, 0.6) is 0 Å². The Balaban J connectivity index is 3.01. The van der Waals surface area contributed by atoms with Crippen LogP contribution < -0.4 is 38.9 Å². The van der Waals surface area contributed by atoms with Crippen molar-refractivity contribution in [3.8, 4) is 0 Å². The number of carboxylic acids is 1. The van der Waals surface area contributed by atoms with Crippen molar-refractivity contribution in [1.29, 1.82) is 0 Å². The van der Waals surface area contributed by atoms with E-state index < -0.39 is 47.9 Å². The maximum atomic E-state index is 13.4. The fourth-order valence-electron chi connectivity index (χ4n) is 3.79. The second kappa shape index (κ2) is 19.7. The molecular weight excluding hydrogens is 536 g/mol. The molecule has 0 saturated carbocycles. The zero-order chi connectivity index (χ0) is 29.9. The Kier molecular flexibility index (Phi) is 17.0. The third-order valence-corrected chi connectivity index (χ3v) is 6.67. The molecule has 0 aliphatic rings. The van der Waals surface area contributed by atoms with E-state index in [-0.39, 0.29) is 31.8 Å². The van der Waals surface area contributed by atoms with Gasteiger partial charge in [-0.2, -0.15) is 11.8 Å². The van der Waals surface area contributed by atoms with E-state index in [4.69, 9.17) is 22.9 Å². The number of unbranched alkanes of at least 4 members (excludes halogenated alkanes) is 1. The molecular formula is C26H44N8O5S. The van der Waals surface area contributed by atoms with Gasteiger partial charge in [-0.3, -0.25) is 19.4 Å². The number of rotatable bonds is 20. The molecule has 0 fully saturated rings. The number of nitrogens with two attached hydrogens (primary N) is 4. The van der Waals surface area contributed by atoms with Crippen LogP contribution in [0.25, 0.3) is 0 Å². The van der Waals surface area contributed by atoms with Gasteiger partial charge in [0.15, 0.2) is 5.96 Å². The van der Waals surface area contributed by atoms with E-state index in [9.17, 15) is 24.3 Å². The molecule has 0 aromatic heterocycles. The maximum Gasteiger partial charge on any atom is 0.326 e. The average molecular weight is 581 g/mol. The lowest BCUT2D eigenvalue weighted by molar-refractivity contribution is -0.142. The number of benzene rings is 1. The first-order valence-electron chi connectivity index (χ1n) is 13.3. The smallest absolute Gasteiger partial charge is 0.326 e. The van der Waals surface area contributed by atoms with Crippen LogP contribution in [0.1, 0.15) is 44.1 Å². The van der Waals surface area contributed by atoms with Crippen molar-refractivity contribution >= 4 is 41.4 Å². The molecule has 12 N–H and O–H groups in total. The lowest BCUT2D eigenvalue weighted by Gasteiger charge is -2.25. The summed E-state index contributed by atoms with van der Waals surface area (Å²) >= 11 is 1.47. The molecule has 0 saturated heterocycles. The number of aliphatic carboxylic acids is 1. The minimum Gasteiger partial charge on any atom is -0.480 e. The fourth-order valence-corrected chi connectivity index (χ4v) is 4.26. The summed E-state index contributed by atoms with van der Waals surface area (Å²) in [5.74, 6) is -2.49. The van der Waals surface area contributed by atoms with E-state index in [1.54, 1.807) is 0 Å². The van der Waals surface area contributed by atoms with Gasteiger partial charge in [0, 0.05) is 13.0 Å². The summed E-state index contributed by atoms with van der Waals surface area (Å²) in [5, 5.41) is 17.5. The van der Waals surface area contributed by atoms with Gasteiger partial charge in [-0.15, -0.1) is 0 Å². The predicted molar refractivity (Wildman–Crippen MR) is 157 cm³/mol. The third kappa shape index (κ3) is 14.1. The number of carbonyl (C=O) groups excluding carboxylic acids is 3. The van der Waals surface area contributed by atoms with Crippen molar-refractivity contribution in [2.24, 2.45) is 27.9 Å². The topological polar surface area (TPSA) is 241 Å². The summed E-state index contributed by atoms with van der Waals surface area (Å²) in [6.45, 7) is 0.704. The van der Waals surface area contributed by atoms with Crippen LogP contribution in [0.4, 0.5) is 0 Å². The van der Waals surface area contributed by atoms with E-state index in [0.717, 1.165) is 12.0 Å². The van der Waals surface area contributed by atoms with Crippen molar-refractivity contribution < 1.29 is 24.3 Å². The average Bonchev–Trinajstić information content (AvgIpc) is 2.92. The van der Waals surface area contributed by atoms with Crippen molar-refractivity contribution in [2.75, 3.05) is 25.1 Å². The minimum absolute atomic E-state index is 0.0930. The van der Waals surface area contributed by atoms with Crippen molar-refractivity contribution in [1.82, 2.24) is 16.0 Å². The van der Waals surface area contributed by atoms with E-state index in [1.165, 1.54) is 11.8 Å². The first-order valence-corrected chi connectivity index (χ1v) is 14.7. The molecule has 0 radical (unpaired) electrons. The number of carbonyl (C=O) groups is 4. The number of guanidine groups is 1. The molecule has 3 amide bonds. The number of hydrogen-bond acceptors (Lipinski definition) is 8. The summed E-state index contributed by atoms with van der Waals surface area (Å²) < 4.78 is 0. The van der Waals surface area contributed by atoms with Crippen molar-refractivity contribution in [3.05, 3.63) is 35.9 Å². The Morgan fingerprint density at radius 1 is 0.875 bits per heavy atom. The monoisotopic (exact) mass is 580 g/mol. The summed E-state index contributed by atoms with van der Waals surface area (Å²) in [4.78, 5) is 54.9. The SMILES string of the molecule is CSCCC(NC(=O)C(Cc1ccccc1)NC(=O)C(N)CCCCN)C(=O)NC(CCCN=C(N)N)C(=O)O. The molecule has 0 aliphatic heterocycles. The Bertz CT molecular complexity index is 962. The number of amides is 3. The van der Waals surface area contributed by atoms with Crippen LogP contribution in [0.3, 0.4) is 0 Å². The van der Waals surface area contributed by atoms with Gasteiger partial charge in [-0.1, -0.05) is 36.8 Å². The molecule has 40 heavy (non-hydrogen) atoms. The van der Waals surface area contributed by atoms with E-state index in [0.29, 0.717) is 31.6 Å². The highest BCUT2D eigenvalue weighted by Gasteiger charge is 2.30. The van der Waals surface area contributed by atoms with Crippen molar-refractivity contribution in [3.63, 3.8) is 0 Å². The summed E-state index contributed by atoms with van der Waals surface area (Å²) in [7, 11) is 0. The van der Waals surface area contributed by atoms with Gasteiger partial charge >= 0.3 is 5.97 Å². The normalized spacial score (nSPS) is 13.8. The predicted octanol–water partition coefficient (Wildman–Crippen LogP) is -0.969. The second-order valence-corrected chi connectivity index (χ2v) is 10.3. The first-order chi connectivity index (χ1) is 19.1. The highest BCUT2D eigenvalue weighted by atomic mass is 32.2. The number of nitrogens with one attached hydrogen (secondary N) is 3. The molecule has 0 heterocycles. The summed E-state index contributed by atoms with van der Waals surface area (Å²) in [6.07, 6.45) is 4.52. The highest BCUT2D eigenvalue weighted by molar-refractivity contribution is 7.98. The lowest BCUT2D eigenvalue weighted by atomic mass is 10.0. The number of hydrogen-bond donors (Lipinski definition) is 8. The molecule has 13 nitrogen and oxygen atoms in total. The maximum absolute atomic E-state index is 13.4. The summed E-state index contributed by atoms with van der Waals surface area (Å²) in [5.41, 5.74) is 22.9. The molecule has 14 heteroatoms. The molecule has 0 spiro atoms. The number of nitrogens with zero attached hydrogens (tertiary/aromatic N) is 1. The number of aliphatic imine (C=N–C) groups is 1. The third-order valence-electron chi connectivity index (χ3n) is 6.03. The van der Waals surface area contributed by atoms with Gasteiger partial charge in [0.05, 0.1) is 6.04 Å². The van der Waals surface area contributed by atoms with E-state index >= 15 is 0 Å². The zero-order valence-corrected chi connectivity index (χ0v) is 23.8. The second-order valence-electron chi connectivity index (χ2n) is 9.33. The van der Waals surface area contributed by atoms with Gasteiger partial charge in [-0.05, 0) is 56.2 Å². The Morgan fingerprint density at radius 3 is 2.10 bits per heavy atom. The highest BCUT2D eigenvalue weighted by Crippen LogP contribution is 2.08. The molecule has 1 rings (SSSR count). The van der Waals surface area contributed by atoms with Gasteiger partial charge in [0.2, 0.25) is 17.7 Å². The van der Waals surface area contributed by atoms with Gasteiger partial charge in [-0.25, -0.2) is 4.79 Å². The van der Waals surface area contributed by atoms with E-state index in [1.807, 2.05) is 36.6 Å². The van der Waals surface area contributed by atoms with E-state index in [2.05, 4.69) is 20.9 Å². The zero-order valence-electron chi connectivity index (χ0n) is 23.0. The Labute approximate surface area is 239 Å². The van der Waals surface area contributed by atoms with Crippen LogP contribution >= 0.6 is 11.8 Å². The Hall–Kier alpha value is -3.36. The van der Waals surface area contributed by atoms with Gasteiger partial charge in [0.1, 0.15) is 18.1 Å². The van der Waals surface area contributed by atoms with Crippen molar-refractivity contribution in [2.45, 2.75) is 69.1 Å². The van der Waals surface area contributed by atoms with Gasteiger partial charge < -0.3 is 44.0 Å². The summed E-state index contributed by atoms with van der Waals surface area (Å²) in [6, 6.07) is 5.09. The molecule has 1 aromatic carbocycles. The quantitative estimate of drug-likeness (QED) is 0.0533. The fraction of sp³-hybridized carbons (Fsp3) is 0.577. The largest absolute Gasteiger partial charge is 0.480 e.